The molecule has 33 heavy (non-hydrogen) atoms. The van der Waals surface area contributed by atoms with Crippen molar-refractivity contribution in [1.29, 1.82) is 0 Å². The zero-order valence-corrected chi connectivity index (χ0v) is 20.3. The number of anilines is 1. The van der Waals surface area contributed by atoms with Gasteiger partial charge in [0.05, 0.1) is 35.1 Å². The second kappa shape index (κ2) is 9.33. The van der Waals surface area contributed by atoms with Gasteiger partial charge in [-0.15, -0.1) is 0 Å². The summed E-state index contributed by atoms with van der Waals surface area (Å²) in [5.74, 6) is -0.662. The maximum atomic E-state index is 13.6. The number of nitrogens with zero attached hydrogens (tertiary/aromatic N) is 4. The molecule has 2 aromatic carbocycles. The van der Waals surface area contributed by atoms with Crippen LogP contribution in [-0.4, -0.2) is 40.3 Å². The molecule has 2 aromatic heterocycles. The van der Waals surface area contributed by atoms with Crippen LogP contribution in [0.5, 0.6) is 0 Å². The second-order valence-electron chi connectivity index (χ2n) is 7.69. The Morgan fingerprint density at radius 3 is 2.42 bits per heavy atom. The predicted octanol–water partition coefficient (Wildman–Crippen LogP) is 5.21. The number of halogens is 1. The van der Waals surface area contributed by atoms with E-state index in [2.05, 4.69) is 5.10 Å². The van der Waals surface area contributed by atoms with Gasteiger partial charge in [0, 0.05) is 22.8 Å². The van der Waals surface area contributed by atoms with E-state index in [-0.39, 0.29) is 5.91 Å². The maximum absolute atomic E-state index is 13.6. The zero-order valence-electron chi connectivity index (χ0n) is 18.8. The monoisotopic (exact) mass is 482 g/mol. The highest BCUT2D eigenvalue weighted by atomic mass is 35.5. The molecule has 9 heteroatoms. The maximum Gasteiger partial charge on any atom is 0.337 e. The van der Waals surface area contributed by atoms with Crippen molar-refractivity contribution < 1.29 is 14.3 Å². The molecule has 0 unspecified atom stereocenters. The van der Waals surface area contributed by atoms with Crippen LogP contribution >= 0.6 is 22.9 Å². The third-order valence-corrected chi connectivity index (χ3v) is 6.86. The molecule has 170 valence electrons. The molecule has 0 spiro atoms. The topological polar surface area (TPSA) is 77.3 Å². The largest absolute Gasteiger partial charge is 0.465 e. The summed E-state index contributed by atoms with van der Waals surface area (Å²) >= 11 is 7.72. The molecule has 0 atom stereocenters. The minimum Gasteiger partial charge on any atom is -0.465 e. The summed E-state index contributed by atoms with van der Waals surface area (Å²) in [4.78, 5) is 31.7. The van der Waals surface area contributed by atoms with Gasteiger partial charge in [0.1, 0.15) is 0 Å². The molecule has 7 nitrogen and oxygen atoms in total. The number of carbonyl (C=O) groups is 2. The molecule has 0 fully saturated rings. The number of hydrogen-bond donors (Lipinski definition) is 0. The minimum atomic E-state index is -0.450. The van der Waals surface area contributed by atoms with E-state index in [9.17, 15) is 9.59 Å². The number of hydrogen-bond acceptors (Lipinski definition) is 6. The van der Waals surface area contributed by atoms with Crippen molar-refractivity contribution in [3.8, 4) is 0 Å². The molecule has 0 radical (unpaired) electrons. The number of amides is 1. The first kappa shape index (κ1) is 22.9. The third kappa shape index (κ3) is 4.62. The smallest absolute Gasteiger partial charge is 0.337 e. The molecule has 4 aromatic rings. The van der Waals surface area contributed by atoms with Gasteiger partial charge in [-0.25, -0.2) is 9.78 Å². The van der Waals surface area contributed by atoms with Gasteiger partial charge >= 0.3 is 5.97 Å². The lowest BCUT2D eigenvalue weighted by molar-refractivity contribution is 0.0600. The number of aromatic nitrogens is 3. The van der Waals surface area contributed by atoms with Crippen LogP contribution in [0.15, 0.2) is 42.5 Å². The van der Waals surface area contributed by atoms with Crippen molar-refractivity contribution in [3.63, 3.8) is 0 Å². The Kier molecular flexibility index (Phi) is 6.49. The predicted molar refractivity (Wildman–Crippen MR) is 131 cm³/mol. The first-order valence-electron chi connectivity index (χ1n) is 10.4. The Hall–Kier alpha value is -3.23. The van der Waals surface area contributed by atoms with Crippen LogP contribution < -0.4 is 4.90 Å². The van der Waals surface area contributed by atoms with Gasteiger partial charge in [0.25, 0.3) is 5.91 Å². The van der Waals surface area contributed by atoms with E-state index < -0.39 is 5.97 Å². The third-order valence-electron chi connectivity index (χ3n) is 5.40. The zero-order chi connectivity index (χ0) is 23.7. The highest BCUT2D eigenvalue weighted by Crippen LogP contribution is 2.34. The summed E-state index contributed by atoms with van der Waals surface area (Å²) in [7, 11) is 1.32. The fourth-order valence-electron chi connectivity index (χ4n) is 3.61. The molecule has 0 N–H and O–H groups in total. The van der Waals surface area contributed by atoms with Gasteiger partial charge in [-0.05, 0) is 68.8 Å². The van der Waals surface area contributed by atoms with E-state index in [1.54, 1.807) is 29.2 Å². The first-order valence-corrected chi connectivity index (χ1v) is 11.5. The molecular weight excluding hydrogens is 460 g/mol. The molecule has 0 bridgehead atoms. The summed E-state index contributed by atoms with van der Waals surface area (Å²) in [6.45, 7) is 6.74. The second-order valence-corrected chi connectivity index (χ2v) is 9.11. The van der Waals surface area contributed by atoms with Gasteiger partial charge in [-0.1, -0.05) is 22.9 Å². The van der Waals surface area contributed by atoms with Crippen molar-refractivity contribution in [2.24, 2.45) is 0 Å². The van der Waals surface area contributed by atoms with E-state index in [1.165, 1.54) is 18.4 Å². The molecule has 1 amide bonds. The van der Waals surface area contributed by atoms with E-state index in [0.29, 0.717) is 34.4 Å². The van der Waals surface area contributed by atoms with Gasteiger partial charge in [0.15, 0.2) is 5.13 Å². The highest BCUT2D eigenvalue weighted by molar-refractivity contribution is 7.22. The number of benzene rings is 2. The molecule has 0 aliphatic carbocycles. The summed E-state index contributed by atoms with van der Waals surface area (Å²) in [6.07, 6.45) is 0. The number of esters is 1. The summed E-state index contributed by atoms with van der Waals surface area (Å²) < 4.78 is 7.58. The molecule has 2 heterocycles. The molecule has 0 aliphatic rings. The van der Waals surface area contributed by atoms with Crippen LogP contribution in [0.3, 0.4) is 0 Å². The number of thiazole rings is 1. The van der Waals surface area contributed by atoms with Crippen LogP contribution in [0.25, 0.3) is 10.2 Å². The Balaban J connectivity index is 1.70. The summed E-state index contributed by atoms with van der Waals surface area (Å²) in [6, 6.07) is 12.2. The minimum absolute atomic E-state index is 0.212. The van der Waals surface area contributed by atoms with Crippen molar-refractivity contribution in [1.82, 2.24) is 14.8 Å². The summed E-state index contributed by atoms with van der Waals surface area (Å²) in [5.41, 5.74) is 4.44. The Morgan fingerprint density at radius 1 is 1.09 bits per heavy atom. The number of rotatable bonds is 6. The van der Waals surface area contributed by atoms with Crippen molar-refractivity contribution >= 4 is 50.2 Å². The normalized spacial score (nSPS) is 11.1. The number of carbonyl (C=O) groups excluding carboxylic acids is 2. The van der Waals surface area contributed by atoms with Crippen molar-refractivity contribution in [3.05, 3.63) is 75.6 Å². The van der Waals surface area contributed by atoms with E-state index >= 15 is 0 Å². The fourth-order valence-corrected chi connectivity index (χ4v) is 4.81. The van der Waals surface area contributed by atoms with E-state index in [1.807, 2.05) is 43.7 Å². The van der Waals surface area contributed by atoms with Crippen molar-refractivity contribution in [2.75, 3.05) is 18.6 Å². The number of ether oxygens (including phenoxy) is 1. The highest BCUT2D eigenvalue weighted by Gasteiger charge is 2.23. The first-order chi connectivity index (χ1) is 15.8. The van der Waals surface area contributed by atoms with Gasteiger partial charge in [0.2, 0.25) is 0 Å². The molecular formula is C24H23ClN4O3S. The molecule has 0 saturated heterocycles. The Labute approximate surface area is 200 Å². The van der Waals surface area contributed by atoms with Crippen LogP contribution in [0.2, 0.25) is 5.02 Å². The fraction of sp³-hybridized carbons (Fsp3) is 0.250. The van der Waals surface area contributed by atoms with E-state index in [0.717, 1.165) is 27.2 Å². The standard InChI is InChI=1S/C24H23ClN4O3S/c1-14-13-15(2)29(27-14)12-11-28(22(30)17-5-7-18(8-6-17)23(31)32-4)24-26-21-16(3)19(25)9-10-20(21)33-24/h5-10,13H,11-12H2,1-4H3. The van der Waals surface area contributed by atoms with Gasteiger partial charge in [-0.3, -0.25) is 14.4 Å². The molecule has 4 rings (SSSR count). The Bertz CT molecular complexity index is 1340. The van der Waals surface area contributed by atoms with Crippen LogP contribution in [-0.2, 0) is 11.3 Å². The lowest BCUT2D eigenvalue weighted by Gasteiger charge is -2.20. The van der Waals surface area contributed by atoms with Gasteiger partial charge in [-0.2, -0.15) is 5.10 Å². The molecule has 0 aliphatic heterocycles. The van der Waals surface area contributed by atoms with Gasteiger partial charge < -0.3 is 4.74 Å². The average molecular weight is 483 g/mol. The number of aryl methyl sites for hydroxylation is 3. The number of fused-ring (bicyclic) bond motifs is 1. The van der Waals surface area contributed by atoms with Crippen LogP contribution in [0.4, 0.5) is 5.13 Å². The van der Waals surface area contributed by atoms with Crippen LogP contribution in [0.1, 0.15) is 37.7 Å². The average Bonchev–Trinajstić information content (AvgIpc) is 3.38. The molecule has 0 saturated carbocycles. The van der Waals surface area contributed by atoms with E-state index in [4.69, 9.17) is 21.3 Å². The summed E-state index contributed by atoms with van der Waals surface area (Å²) in [5, 5.41) is 5.73. The lowest BCUT2D eigenvalue weighted by Crippen LogP contribution is -2.34. The Morgan fingerprint density at radius 2 is 1.79 bits per heavy atom. The quantitative estimate of drug-likeness (QED) is 0.353. The number of methoxy groups -OCH3 is 1. The van der Waals surface area contributed by atoms with Crippen molar-refractivity contribution in [2.45, 2.75) is 27.3 Å². The lowest BCUT2D eigenvalue weighted by atomic mass is 10.1. The van der Waals surface area contributed by atoms with Crippen LogP contribution in [0, 0.1) is 20.8 Å². The SMILES string of the molecule is COC(=O)c1ccc(C(=O)N(CCn2nc(C)cc2C)c2nc3c(C)c(Cl)ccc3s2)cc1.